The molecule has 2 nitrogen and oxygen atoms in total. The van der Waals surface area contributed by atoms with Crippen molar-refractivity contribution in [3.8, 4) is 0 Å². The molecule has 14 heavy (non-hydrogen) atoms. The molecule has 1 unspecified atom stereocenters. The van der Waals surface area contributed by atoms with Gasteiger partial charge < -0.3 is 10.5 Å². The number of hydrogen-bond donors (Lipinski definition) is 1. The van der Waals surface area contributed by atoms with Crippen LogP contribution >= 0.6 is 0 Å². The molecule has 0 aliphatic carbocycles. The second-order valence-electron chi connectivity index (χ2n) is 5.99. The summed E-state index contributed by atoms with van der Waals surface area (Å²) >= 11 is 0. The fourth-order valence-electron chi connectivity index (χ4n) is 3.02. The summed E-state index contributed by atoms with van der Waals surface area (Å²) in [5.74, 6) is 0.558. The molecular formula is C12H25NO. The molecule has 0 radical (unpaired) electrons. The molecule has 0 aromatic rings. The van der Waals surface area contributed by atoms with E-state index in [9.17, 15) is 0 Å². The Balaban J connectivity index is 3.07. The third-order valence-electron chi connectivity index (χ3n) is 4.11. The standard InChI is InChI=1S/C12H25NO/c1-8(2)12(11(4,5)6)7-14-9(3)10(12)13/h8-10H,7,13H2,1-6H3/t9-,10+,12?/m1/s1. The first-order valence-electron chi connectivity index (χ1n) is 5.60. The molecule has 1 heterocycles. The Morgan fingerprint density at radius 1 is 1.36 bits per heavy atom. The molecule has 2 heteroatoms. The van der Waals surface area contributed by atoms with Crippen molar-refractivity contribution < 1.29 is 4.74 Å². The minimum absolute atomic E-state index is 0.117. The zero-order valence-corrected chi connectivity index (χ0v) is 10.4. The second-order valence-corrected chi connectivity index (χ2v) is 5.99. The molecule has 2 N–H and O–H groups in total. The predicted octanol–water partition coefficient (Wildman–Crippen LogP) is 2.42. The number of rotatable bonds is 1. The van der Waals surface area contributed by atoms with Gasteiger partial charge in [-0.3, -0.25) is 0 Å². The number of ether oxygens (including phenoxy) is 1. The van der Waals surface area contributed by atoms with E-state index in [1.807, 2.05) is 0 Å². The van der Waals surface area contributed by atoms with Gasteiger partial charge in [-0.15, -0.1) is 0 Å². The first-order chi connectivity index (χ1) is 6.23. The van der Waals surface area contributed by atoms with Crippen molar-refractivity contribution in [2.24, 2.45) is 22.5 Å². The molecule has 1 rings (SSSR count). The van der Waals surface area contributed by atoms with Crippen molar-refractivity contribution in [1.82, 2.24) is 0 Å². The van der Waals surface area contributed by atoms with Crippen LogP contribution in [-0.4, -0.2) is 18.8 Å². The highest BCUT2D eigenvalue weighted by atomic mass is 16.5. The van der Waals surface area contributed by atoms with Gasteiger partial charge in [0.15, 0.2) is 0 Å². The Bertz CT molecular complexity index is 207. The van der Waals surface area contributed by atoms with Gasteiger partial charge in [0.1, 0.15) is 0 Å². The second kappa shape index (κ2) is 3.49. The lowest BCUT2D eigenvalue weighted by Gasteiger charge is -2.47. The van der Waals surface area contributed by atoms with Crippen LogP contribution in [0.1, 0.15) is 41.5 Å². The minimum Gasteiger partial charge on any atom is -0.376 e. The quantitative estimate of drug-likeness (QED) is 0.704. The molecule has 1 aliphatic rings. The van der Waals surface area contributed by atoms with E-state index < -0.39 is 0 Å². The minimum atomic E-state index is 0.117. The molecule has 1 fully saturated rings. The summed E-state index contributed by atoms with van der Waals surface area (Å²) in [4.78, 5) is 0. The van der Waals surface area contributed by atoms with E-state index in [4.69, 9.17) is 10.5 Å². The van der Waals surface area contributed by atoms with Crippen molar-refractivity contribution in [2.75, 3.05) is 6.61 Å². The average molecular weight is 199 g/mol. The van der Waals surface area contributed by atoms with E-state index >= 15 is 0 Å². The number of nitrogens with two attached hydrogens (primary N) is 1. The maximum absolute atomic E-state index is 6.32. The van der Waals surface area contributed by atoms with Crippen LogP contribution in [0.15, 0.2) is 0 Å². The Morgan fingerprint density at radius 3 is 2.00 bits per heavy atom. The van der Waals surface area contributed by atoms with Gasteiger partial charge in [0.2, 0.25) is 0 Å². The summed E-state index contributed by atoms with van der Waals surface area (Å²) < 4.78 is 5.74. The fraction of sp³-hybridized carbons (Fsp3) is 1.00. The molecule has 0 bridgehead atoms. The highest BCUT2D eigenvalue weighted by molar-refractivity contribution is 5.05. The molecule has 0 amide bonds. The van der Waals surface area contributed by atoms with Gasteiger partial charge in [0, 0.05) is 11.5 Å². The average Bonchev–Trinajstić information content (AvgIpc) is 2.28. The van der Waals surface area contributed by atoms with Crippen molar-refractivity contribution >= 4 is 0 Å². The normalized spacial score (nSPS) is 39.4. The van der Waals surface area contributed by atoms with Gasteiger partial charge in [-0.1, -0.05) is 34.6 Å². The molecule has 84 valence electrons. The van der Waals surface area contributed by atoms with Crippen molar-refractivity contribution in [1.29, 1.82) is 0 Å². The van der Waals surface area contributed by atoms with Crippen molar-refractivity contribution in [2.45, 2.75) is 53.7 Å². The van der Waals surface area contributed by atoms with Gasteiger partial charge in [0.25, 0.3) is 0 Å². The molecular weight excluding hydrogens is 174 g/mol. The first kappa shape index (κ1) is 12.0. The summed E-state index contributed by atoms with van der Waals surface area (Å²) in [5, 5.41) is 0. The van der Waals surface area contributed by atoms with E-state index in [1.165, 1.54) is 0 Å². The summed E-state index contributed by atoms with van der Waals surface area (Å²) in [7, 11) is 0. The van der Waals surface area contributed by atoms with E-state index in [2.05, 4.69) is 41.5 Å². The van der Waals surface area contributed by atoms with Crippen LogP contribution in [0.25, 0.3) is 0 Å². The molecule has 1 aliphatic heterocycles. The third-order valence-corrected chi connectivity index (χ3v) is 4.11. The highest BCUT2D eigenvalue weighted by Gasteiger charge is 2.54. The van der Waals surface area contributed by atoms with E-state index in [0.29, 0.717) is 5.92 Å². The summed E-state index contributed by atoms with van der Waals surface area (Å²) in [6.07, 6.45) is 0.191. The maximum atomic E-state index is 6.32. The highest BCUT2D eigenvalue weighted by Crippen LogP contribution is 2.51. The number of hydrogen-bond acceptors (Lipinski definition) is 2. The van der Waals surface area contributed by atoms with Crippen LogP contribution in [0.2, 0.25) is 0 Å². The van der Waals surface area contributed by atoms with Crippen LogP contribution in [-0.2, 0) is 4.74 Å². The molecule has 1 saturated heterocycles. The Labute approximate surface area is 88.2 Å². The van der Waals surface area contributed by atoms with Gasteiger partial charge in [-0.25, -0.2) is 0 Å². The van der Waals surface area contributed by atoms with Crippen LogP contribution in [0.3, 0.4) is 0 Å². The van der Waals surface area contributed by atoms with Crippen LogP contribution in [0, 0.1) is 16.7 Å². The Hall–Kier alpha value is -0.0800. The van der Waals surface area contributed by atoms with Crippen LogP contribution < -0.4 is 5.73 Å². The monoisotopic (exact) mass is 199 g/mol. The van der Waals surface area contributed by atoms with Gasteiger partial charge in [-0.05, 0) is 18.3 Å². The molecule has 0 spiro atoms. The predicted molar refractivity (Wildman–Crippen MR) is 60.1 cm³/mol. The van der Waals surface area contributed by atoms with Gasteiger partial charge >= 0.3 is 0 Å². The molecule has 0 aromatic carbocycles. The van der Waals surface area contributed by atoms with Crippen LogP contribution in [0.5, 0.6) is 0 Å². The Kier molecular flexibility index (Phi) is 2.99. The zero-order valence-electron chi connectivity index (χ0n) is 10.4. The van der Waals surface area contributed by atoms with Crippen molar-refractivity contribution in [3.05, 3.63) is 0 Å². The lowest BCUT2D eigenvalue weighted by atomic mass is 9.57. The van der Waals surface area contributed by atoms with E-state index in [-0.39, 0.29) is 23.0 Å². The topological polar surface area (TPSA) is 35.2 Å². The van der Waals surface area contributed by atoms with Crippen molar-refractivity contribution in [3.63, 3.8) is 0 Å². The lowest BCUT2D eigenvalue weighted by Crippen LogP contribution is -2.54. The SMILES string of the molecule is CC(C)C1(C(C)(C)C)CO[C@H](C)[C@@H]1N. The molecule has 0 saturated carbocycles. The maximum Gasteiger partial charge on any atom is 0.0704 e. The summed E-state index contributed by atoms with van der Waals surface area (Å²) in [6, 6.07) is 0.155. The fourth-order valence-corrected chi connectivity index (χ4v) is 3.02. The first-order valence-corrected chi connectivity index (χ1v) is 5.60. The van der Waals surface area contributed by atoms with Gasteiger partial charge in [-0.2, -0.15) is 0 Å². The molecule has 0 aromatic heterocycles. The zero-order chi connectivity index (χ0) is 11.1. The summed E-state index contributed by atoms with van der Waals surface area (Å²) in [6.45, 7) is 14.2. The van der Waals surface area contributed by atoms with Crippen LogP contribution in [0.4, 0.5) is 0 Å². The lowest BCUT2D eigenvalue weighted by molar-refractivity contribution is 0.00695. The Morgan fingerprint density at radius 2 is 1.86 bits per heavy atom. The largest absolute Gasteiger partial charge is 0.376 e. The van der Waals surface area contributed by atoms with E-state index in [0.717, 1.165) is 6.61 Å². The van der Waals surface area contributed by atoms with Gasteiger partial charge in [0.05, 0.1) is 12.7 Å². The molecule has 3 atom stereocenters. The smallest absolute Gasteiger partial charge is 0.0704 e. The third kappa shape index (κ3) is 1.49. The summed E-state index contributed by atoms with van der Waals surface area (Å²) in [5.41, 5.74) is 6.64. The van der Waals surface area contributed by atoms with E-state index in [1.54, 1.807) is 0 Å².